The van der Waals surface area contributed by atoms with E-state index in [1.165, 1.54) is 29.8 Å². The van der Waals surface area contributed by atoms with E-state index in [0.717, 1.165) is 29.5 Å². The molecule has 0 atom stereocenters. The summed E-state index contributed by atoms with van der Waals surface area (Å²) in [6.07, 6.45) is 8.25. The maximum absolute atomic E-state index is 13.4. The predicted molar refractivity (Wildman–Crippen MR) is 140 cm³/mol. The third-order valence-corrected chi connectivity index (χ3v) is 8.10. The van der Waals surface area contributed by atoms with Gasteiger partial charge in [-0.25, -0.2) is 13.4 Å². The summed E-state index contributed by atoms with van der Waals surface area (Å²) in [5.41, 5.74) is 4.81. The Kier molecular flexibility index (Phi) is 6.40. The molecule has 0 bridgehead atoms. The summed E-state index contributed by atoms with van der Waals surface area (Å²) in [5.74, 6) is 1.32. The lowest BCUT2D eigenvalue weighted by molar-refractivity contribution is 0.455. The third kappa shape index (κ3) is 4.79. The fourth-order valence-corrected chi connectivity index (χ4v) is 5.50. The van der Waals surface area contributed by atoms with Crippen LogP contribution in [0.5, 0.6) is 11.6 Å². The number of hydrogen-bond donors (Lipinski definition) is 0. The van der Waals surface area contributed by atoms with E-state index in [2.05, 4.69) is 29.0 Å². The van der Waals surface area contributed by atoms with E-state index in [4.69, 9.17) is 21.3 Å². The maximum Gasteiger partial charge on any atom is 0.265 e. The highest BCUT2D eigenvalue weighted by Gasteiger charge is 2.30. The summed E-state index contributed by atoms with van der Waals surface area (Å²) < 4.78 is 34.5. The fraction of sp³-hybridized carbons (Fsp3) is 0.222. The van der Waals surface area contributed by atoms with Crippen LogP contribution in [0.4, 0.5) is 5.69 Å². The molecule has 1 fully saturated rings. The van der Waals surface area contributed by atoms with Crippen LogP contribution >= 0.6 is 11.6 Å². The minimum atomic E-state index is -3.90. The second-order valence-corrected chi connectivity index (χ2v) is 11.4. The van der Waals surface area contributed by atoms with E-state index < -0.39 is 10.0 Å². The Morgan fingerprint density at radius 1 is 1.03 bits per heavy atom. The van der Waals surface area contributed by atoms with Gasteiger partial charge in [0.25, 0.3) is 10.0 Å². The molecule has 7 nitrogen and oxygen atoms in total. The molecule has 1 aromatic carbocycles. The minimum Gasteiger partial charge on any atom is -0.436 e. The zero-order valence-corrected chi connectivity index (χ0v) is 21.7. The summed E-state index contributed by atoms with van der Waals surface area (Å²) in [4.78, 5) is 12.9. The molecule has 4 aromatic rings. The summed E-state index contributed by atoms with van der Waals surface area (Å²) in [7, 11) is -2.42. The van der Waals surface area contributed by atoms with Gasteiger partial charge in [-0.15, -0.1) is 0 Å². The average Bonchev–Trinajstić information content (AvgIpc) is 3.71. The van der Waals surface area contributed by atoms with E-state index in [0.29, 0.717) is 33.6 Å². The van der Waals surface area contributed by atoms with Crippen molar-refractivity contribution in [3.8, 4) is 22.9 Å². The second kappa shape index (κ2) is 9.52. The van der Waals surface area contributed by atoms with Crippen molar-refractivity contribution in [2.75, 3.05) is 11.4 Å². The number of anilines is 1. The van der Waals surface area contributed by atoms with Gasteiger partial charge in [0.2, 0.25) is 5.88 Å². The van der Waals surface area contributed by atoms with Crippen molar-refractivity contribution in [2.45, 2.75) is 37.5 Å². The Bertz CT molecular complexity index is 1540. The van der Waals surface area contributed by atoms with Gasteiger partial charge in [-0.05, 0) is 74.1 Å². The first-order valence-electron chi connectivity index (χ1n) is 11.5. The molecule has 0 aliphatic heterocycles. The van der Waals surface area contributed by atoms with E-state index in [9.17, 15) is 8.42 Å². The molecule has 5 rings (SSSR count). The number of ether oxygens (including phenoxy) is 1. The van der Waals surface area contributed by atoms with Crippen LogP contribution in [0.15, 0.2) is 72.1 Å². The Morgan fingerprint density at radius 2 is 1.83 bits per heavy atom. The third-order valence-electron chi connectivity index (χ3n) is 6.14. The van der Waals surface area contributed by atoms with Gasteiger partial charge in [0.1, 0.15) is 16.3 Å². The maximum atomic E-state index is 13.4. The molecule has 3 heterocycles. The van der Waals surface area contributed by atoms with Gasteiger partial charge in [0.15, 0.2) is 0 Å². The number of pyridine rings is 3. The van der Waals surface area contributed by atoms with E-state index in [-0.39, 0.29) is 10.8 Å². The molecule has 1 saturated carbocycles. The predicted octanol–water partition coefficient (Wildman–Crippen LogP) is 6.30. The van der Waals surface area contributed by atoms with Crippen LogP contribution in [0, 0.1) is 13.8 Å². The van der Waals surface area contributed by atoms with Gasteiger partial charge in [0.05, 0.1) is 10.7 Å². The molecule has 3 aromatic heterocycles. The molecule has 36 heavy (non-hydrogen) atoms. The Morgan fingerprint density at radius 3 is 2.53 bits per heavy atom. The monoisotopic (exact) mass is 520 g/mol. The van der Waals surface area contributed by atoms with Gasteiger partial charge < -0.3 is 4.74 Å². The highest BCUT2D eigenvalue weighted by molar-refractivity contribution is 7.92. The van der Waals surface area contributed by atoms with Crippen molar-refractivity contribution in [1.29, 1.82) is 0 Å². The molecular weight excluding hydrogens is 496 g/mol. The Hall–Kier alpha value is -3.49. The van der Waals surface area contributed by atoms with Gasteiger partial charge in [-0.3, -0.25) is 14.3 Å². The standard InChI is InChI=1S/C27H25ClN4O3S/c1-17-11-18(2)26(23(12-17)19-6-7-19)35-27-25(32(3)36(33,34)22-5-4-10-29-16-22)9-8-24(31-27)20-13-21(28)15-30-14-20/h4-5,8-16,19H,6-7H2,1-3H3. The number of halogens is 1. The first-order chi connectivity index (χ1) is 17.2. The SMILES string of the molecule is Cc1cc(C)c(Oc2nc(-c3cncc(Cl)c3)ccc2N(C)S(=O)(=O)c2cccnc2)c(C2CC2)c1. The Labute approximate surface area is 215 Å². The van der Waals surface area contributed by atoms with Crippen molar-refractivity contribution in [2.24, 2.45) is 0 Å². The molecule has 0 unspecified atom stereocenters. The van der Waals surface area contributed by atoms with Gasteiger partial charge in [0, 0.05) is 37.4 Å². The normalized spacial score (nSPS) is 13.4. The number of benzene rings is 1. The molecule has 1 aliphatic carbocycles. The smallest absolute Gasteiger partial charge is 0.265 e. The summed E-state index contributed by atoms with van der Waals surface area (Å²) >= 11 is 6.16. The molecular formula is C27H25ClN4O3S. The van der Waals surface area contributed by atoms with Gasteiger partial charge >= 0.3 is 0 Å². The molecule has 0 spiro atoms. The van der Waals surface area contributed by atoms with Crippen molar-refractivity contribution < 1.29 is 13.2 Å². The fourth-order valence-electron chi connectivity index (χ4n) is 4.17. The largest absolute Gasteiger partial charge is 0.436 e. The van der Waals surface area contributed by atoms with E-state index in [1.807, 2.05) is 6.92 Å². The number of aryl methyl sites for hydroxylation is 2. The molecule has 1 aliphatic rings. The molecule has 9 heteroatoms. The lowest BCUT2D eigenvalue weighted by atomic mass is 10.0. The lowest BCUT2D eigenvalue weighted by Gasteiger charge is -2.23. The summed E-state index contributed by atoms with van der Waals surface area (Å²) in [5, 5.41) is 0.475. The number of sulfonamides is 1. The van der Waals surface area contributed by atoms with Crippen LogP contribution in [0.2, 0.25) is 5.02 Å². The summed E-state index contributed by atoms with van der Waals surface area (Å²) in [6, 6.07) is 12.5. The zero-order valence-electron chi connectivity index (χ0n) is 20.1. The molecule has 0 N–H and O–H groups in total. The van der Waals surface area contributed by atoms with Crippen LogP contribution in [0.3, 0.4) is 0 Å². The van der Waals surface area contributed by atoms with Crippen LogP contribution < -0.4 is 9.04 Å². The van der Waals surface area contributed by atoms with E-state index >= 15 is 0 Å². The quantitative estimate of drug-likeness (QED) is 0.284. The minimum absolute atomic E-state index is 0.0757. The van der Waals surface area contributed by atoms with E-state index in [1.54, 1.807) is 36.7 Å². The summed E-state index contributed by atoms with van der Waals surface area (Å²) in [6.45, 7) is 4.06. The van der Waals surface area contributed by atoms with Crippen molar-refractivity contribution in [3.63, 3.8) is 0 Å². The number of rotatable bonds is 7. The van der Waals surface area contributed by atoms with Crippen molar-refractivity contribution >= 4 is 27.3 Å². The van der Waals surface area contributed by atoms with Gasteiger partial charge in [-0.2, -0.15) is 0 Å². The second-order valence-electron chi connectivity index (χ2n) is 8.95. The number of hydrogen-bond acceptors (Lipinski definition) is 6. The first-order valence-corrected chi connectivity index (χ1v) is 13.4. The molecule has 184 valence electrons. The van der Waals surface area contributed by atoms with Crippen LogP contribution in [0.25, 0.3) is 11.3 Å². The van der Waals surface area contributed by atoms with Crippen LogP contribution in [-0.2, 0) is 10.0 Å². The number of aromatic nitrogens is 3. The van der Waals surface area contributed by atoms with Crippen molar-refractivity contribution in [3.05, 3.63) is 89.0 Å². The zero-order chi connectivity index (χ0) is 25.4. The highest BCUT2D eigenvalue weighted by Crippen LogP contribution is 2.47. The Balaban J connectivity index is 1.65. The van der Waals surface area contributed by atoms with Crippen molar-refractivity contribution in [1.82, 2.24) is 15.0 Å². The highest BCUT2D eigenvalue weighted by atomic mass is 35.5. The molecule has 0 radical (unpaired) electrons. The molecule has 0 saturated heterocycles. The van der Waals surface area contributed by atoms with Gasteiger partial charge in [-0.1, -0.05) is 29.3 Å². The number of nitrogens with zero attached hydrogens (tertiary/aromatic N) is 4. The van der Waals surface area contributed by atoms with Crippen LogP contribution in [0.1, 0.15) is 35.4 Å². The topological polar surface area (TPSA) is 85.3 Å². The first kappa shape index (κ1) is 24.2. The molecule has 0 amide bonds. The lowest BCUT2D eigenvalue weighted by Crippen LogP contribution is -2.27. The van der Waals surface area contributed by atoms with Crippen LogP contribution in [-0.4, -0.2) is 30.4 Å². The average molecular weight is 521 g/mol.